The van der Waals surface area contributed by atoms with Crippen molar-refractivity contribution in [3.8, 4) is 11.5 Å². The highest BCUT2D eigenvalue weighted by molar-refractivity contribution is 7.10. The molecule has 0 radical (unpaired) electrons. The number of hydrogen-bond donors (Lipinski definition) is 0. The summed E-state index contributed by atoms with van der Waals surface area (Å²) in [6, 6.07) is 9.46. The Bertz CT molecular complexity index is 924. The van der Waals surface area contributed by atoms with Gasteiger partial charge in [0.15, 0.2) is 11.5 Å². The summed E-state index contributed by atoms with van der Waals surface area (Å²) in [6.45, 7) is 3.80. The zero-order chi connectivity index (χ0) is 21.8. The molecule has 2 heterocycles. The molecule has 6 nitrogen and oxygen atoms in total. The van der Waals surface area contributed by atoms with Gasteiger partial charge in [-0.3, -0.25) is 9.59 Å². The molecule has 1 fully saturated rings. The molecule has 0 spiro atoms. The van der Waals surface area contributed by atoms with Gasteiger partial charge in [0.1, 0.15) is 6.61 Å². The zero-order valence-electron chi connectivity index (χ0n) is 18.2. The van der Waals surface area contributed by atoms with Crippen molar-refractivity contribution in [2.24, 2.45) is 5.92 Å². The highest BCUT2D eigenvalue weighted by Gasteiger charge is 2.37. The Morgan fingerprint density at radius 1 is 1.19 bits per heavy atom. The van der Waals surface area contributed by atoms with Gasteiger partial charge in [0.25, 0.3) is 0 Å². The van der Waals surface area contributed by atoms with E-state index < -0.39 is 0 Å². The van der Waals surface area contributed by atoms with Crippen LogP contribution in [0, 0.1) is 5.92 Å². The third kappa shape index (κ3) is 4.87. The smallest absolute Gasteiger partial charge is 0.242 e. The van der Waals surface area contributed by atoms with Crippen molar-refractivity contribution < 1.29 is 19.1 Å². The first-order valence-electron chi connectivity index (χ1n) is 11.0. The van der Waals surface area contributed by atoms with Gasteiger partial charge in [0, 0.05) is 23.9 Å². The van der Waals surface area contributed by atoms with E-state index in [0.717, 1.165) is 31.2 Å². The molecule has 1 atom stereocenters. The van der Waals surface area contributed by atoms with Crippen molar-refractivity contribution in [3.05, 3.63) is 46.2 Å². The van der Waals surface area contributed by atoms with Crippen molar-refractivity contribution in [3.63, 3.8) is 0 Å². The number of rotatable bonds is 9. The van der Waals surface area contributed by atoms with Crippen molar-refractivity contribution in [1.29, 1.82) is 0 Å². The zero-order valence-corrected chi connectivity index (χ0v) is 19.0. The summed E-state index contributed by atoms with van der Waals surface area (Å²) in [5.41, 5.74) is 1.15. The lowest BCUT2D eigenvalue weighted by molar-refractivity contribution is -0.143. The van der Waals surface area contributed by atoms with Crippen LogP contribution < -0.4 is 9.47 Å². The normalized spacial score (nSPS) is 17.7. The topological polar surface area (TPSA) is 59.1 Å². The van der Waals surface area contributed by atoms with Crippen molar-refractivity contribution >= 4 is 23.2 Å². The van der Waals surface area contributed by atoms with E-state index in [1.165, 1.54) is 4.88 Å². The summed E-state index contributed by atoms with van der Waals surface area (Å²) < 4.78 is 11.5. The van der Waals surface area contributed by atoms with Crippen LogP contribution in [0.2, 0.25) is 0 Å². The molecular weight excluding hydrogens is 412 g/mol. The molecule has 1 saturated carbocycles. The van der Waals surface area contributed by atoms with E-state index in [1.807, 2.05) is 36.1 Å². The van der Waals surface area contributed by atoms with Gasteiger partial charge >= 0.3 is 0 Å². The molecule has 0 N–H and O–H groups in total. The van der Waals surface area contributed by atoms with Crippen molar-refractivity contribution in [2.45, 2.75) is 38.6 Å². The summed E-state index contributed by atoms with van der Waals surface area (Å²) in [5, 5.41) is 2.08. The maximum atomic E-state index is 13.4. The number of amides is 2. The fourth-order valence-electron chi connectivity index (χ4n) is 4.16. The Kier molecular flexibility index (Phi) is 6.80. The van der Waals surface area contributed by atoms with Crippen LogP contribution in [0.3, 0.4) is 0 Å². The summed E-state index contributed by atoms with van der Waals surface area (Å²) in [5.74, 6) is 1.58. The number of hydrogen-bond acceptors (Lipinski definition) is 5. The monoisotopic (exact) mass is 442 g/mol. The molecule has 2 amide bonds. The van der Waals surface area contributed by atoms with Gasteiger partial charge in [0.2, 0.25) is 11.8 Å². The summed E-state index contributed by atoms with van der Waals surface area (Å²) >= 11 is 1.73. The minimum absolute atomic E-state index is 0.00655. The van der Waals surface area contributed by atoms with Crippen LogP contribution in [0.25, 0.3) is 0 Å². The number of methoxy groups -OCH3 is 1. The number of para-hydroxylation sites is 2. The standard InChI is InChI=1S/C24H30N2O4S/c1-3-12-25(24(28)17-8-9-17)15-23(27)26-13-10-22-18(11-14-31-22)19(26)16-30-21-7-5-4-6-20(21)29-2/h4-7,11,14,17,19H,3,8-10,12-13,15-16H2,1-2H3. The van der Waals surface area contributed by atoms with E-state index in [9.17, 15) is 9.59 Å². The number of carbonyl (C=O) groups excluding carboxylic acids is 2. The average molecular weight is 443 g/mol. The number of thiophene rings is 1. The van der Waals surface area contributed by atoms with E-state index >= 15 is 0 Å². The van der Waals surface area contributed by atoms with E-state index in [1.54, 1.807) is 23.3 Å². The van der Waals surface area contributed by atoms with E-state index in [2.05, 4.69) is 11.4 Å². The molecule has 31 heavy (non-hydrogen) atoms. The van der Waals surface area contributed by atoms with Gasteiger partial charge in [-0.25, -0.2) is 0 Å². The first-order chi connectivity index (χ1) is 15.1. The quantitative estimate of drug-likeness (QED) is 0.591. The van der Waals surface area contributed by atoms with Crippen molar-refractivity contribution in [2.75, 3.05) is 33.4 Å². The molecule has 7 heteroatoms. The first-order valence-corrected chi connectivity index (χ1v) is 11.9. The molecule has 1 aromatic heterocycles. The lowest BCUT2D eigenvalue weighted by atomic mass is 10.0. The minimum Gasteiger partial charge on any atom is -0.493 e. The lowest BCUT2D eigenvalue weighted by Gasteiger charge is -2.37. The minimum atomic E-state index is -0.174. The highest BCUT2D eigenvalue weighted by atomic mass is 32.1. The van der Waals surface area contributed by atoms with Gasteiger partial charge in [0.05, 0.1) is 19.7 Å². The molecule has 2 aliphatic rings. The highest BCUT2D eigenvalue weighted by Crippen LogP contribution is 2.36. The summed E-state index contributed by atoms with van der Waals surface area (Å²) in [4.78, 5) is 31.0. The van der Waals surface area contributed by atoms with Crippen LogP contribution in [-0.2, 0) is 16.0 Å². The molecule has 1 aliphatic carbocycles. The number of benzene rings is 1. The number of carbonyl (C=O) groups is 2. The fourth-order valence-corrected chi connectivity index (χ4v) is 5.09. The molecule has 2 aromatic rings. The summed E-state index contributed by atoms with van der Waals surface area (Å²) in [6.07, 6.45) is 3.59. The average Bonchev–Trinajstić information content (AvgIpc) is 3.53. The van der Waals surface area contributed by atoms with Gasteiger partial charge in [-0.2, -0.15) is 0 Å². The van der Waals surface area contributed by atoms with Crippen LogP contribution in [0.1, 0.15) is 42.7 Å². The van der Waals surface area contributed by atoms with Gasteiger partial charge in [-0.1, -0.05) is 19.1 Å². The van der Waals surface area contributed by atoms with E-state index in [4.69, 9.17) is 9.47 Å². The van der Waals surface area contributed by atoms with Crippen LogP contribution in [-0.4, -0.2) is 55.0 Å². The molecule has 4 rings (SSSR count). The number of nitrogens with zero attached hydrogens (tertiary/aromatic N) is 2. The second-order valence-electron chi connectivity index (χ2n) is 8.15. The van der Waals surface area contributed by atoms with Crippen LogP contribution in [0.15, 0.2) is 35.7 Å². The maximum Gasteiger partial charge on any atom is 0.242 e. The number of fused-ring (bicyclic) bond motifs is 1. The number of ether oxygens (including phenoxy) is 2. The van der Waals surface area contributed by atoms with Gasteiger partial charge < -0.3 is 19.3 Å². The Balaban J connectivity index is 1.51. The molecule has 0 saturated heterocycles. The Morgan fingerprint density at radius 3 is 2.68 bits per heavy atom. The second-order valence-corrected chi connectivity index (χ2v) is 9.15. The largest absolute Gasteiger partial charge is 0.493 e. The fraction of sp³-hybridized carbons (Fsp3) is 0.500. The third-order valence-electron chi connectivity index (χ3n) is 5.94. The molecule has 1 unspecified atom stereocenters. The Hall–Kier alpha value is -2.54. The van der Waals surface area contributed by atoms with Crippen LogP contribution >= 0.6 is 11.3 Å². The Labute approximate surface area is 187 Å². The second kappa shape index (κ2) is 9.73. The van der Waals surface area contributed by atoms with E-state index in [-0.39, 0.29) is 30.3 Å². The molecule has 0 bridgehead atoms. The van der Waals surface area contributed by atoms with Crippen LogP contribution in [0.4, 0.5) is 0 Å². The van der Waals surface area contributed by atoms with Gasteiger partial charge in [-0.15, -0.1) is 11.3 Å². The third-order valence-corrected chi connectivity index (χ3v) is 6.94. The predicted molar refractivity (Wildman–Crippen MR) is 121 cm³/mol. The van der Waals surface area contributed by atoms with Crippen molar-refractivity contribution in [1.82, 2.24) is 9.80 Å². The summed E-state index contributed by atoms with van der Waals surface area (Å²) in [7, 11) is 1.62. The maximum absolute atomic E-state index is 13.4. The Morgan fingerprint density at radius 2 is 1.97 bits per heavy atom. The van der Waals surface area contributed by atoms with Gasteiger partial charge in [-0.05, 0) is 54.8 Å². The van der Waals surface area contributed by atoms with Crippen LogP contribution in [0.5, 0.6) is 11.5 Å². The predicted octanol–water partition coefficient (Wildman–Crippen LogP) is 3.91. The lowest BCUT2D eigenvalue weighted by Crippen LogP contribution is -2.48. The molecular formula is C24H30N2O4S. The SMILES string of the molecule is CCCN(CC(=O)N1CCc2sccc2C1COc1ccccc1OC)C(=O)C1CC1. The molecule has 1 aromatic carbocycles. The van der Waals surface area contributed by atoms with E-state index in [0.29, 0.717) is 31.2 Å². The first kappa shape index (κ1) is 21.7. The molecule has 166 valence electrons. The molecule has 1 aliphatic heterocycles.